The number of sulfonamides is 1. The van der Waals surface area contributed by atoms with Crippen molar-refractivity contribution in [1.29, 1.82) is 0 Å². The lowest BCUT2D eigenvalue weighted by Crippen LogP contribution is -2.33. The fraction of sp³-hybridized carbons (Fsp3) is 0.667. The van der Waals surface area contributed by atoms with Crippen LogP contribution in [0.3, 0.4) is 0 Å². The van der Waals surface area contributed by atoms with Crippen molar-refractivity contribution in [2.24, 2.45) is 0 Å². The summed E-state index contributed by atoms with van der Waals surface area (Å²) in [5, 5.41) is 0.128. The first-order chi connectivity index (χ1) is 7.52. The lowest BCUT2D eigenvalue weighted by Gasteiger charge is -2.18. The second kappa shape index (κ2) is 5.42. The summed E-state index contributed by atoms with van der Waals surface area (Å²) in [6.45, 7) is 4.62. The fourth-order valence-electron chi connectivity index (χ4n) is 1.31. The van der Waals surface area contributed by atoms with Gasteiger partial charge in [0, 0.05) is 20.2 Å². The van der Waals surface area contributed by atoms with E-state index in [1.54, 1.807) is 21.0 Å². The summed E-state index contributed by atoms with van der Waals surface area (Å²) >= 11 is 0. The molecule has 0 spiro atoms. The quantitative estimate of drug-likeness (QED) is 0.788. The summed E-state index contributed by atoms with van der Waals surface area (Å²) in [6, 6.07) is 0. The highest BCUT2D eigenvalue weighted by molar-refractivity contribution is 7.89. The monoisotopic (exact) mass is 247 g/mol. The minimum Gasteiger partial charge on any atom is -0.383 e. The van der Waals surface area contributed by atoms with E-state index in [9.17, 15) is 8.42 Å². The van der Waals surface area contributed by atoms with Gasteiger partial charge in [-0.05, 0) is 6.92 Å². The van der Waals surface area contributed by atoms with E-state index in [-0.39, 0.29) is 5.03 Å². The van der Waals surface area contributed by atoms with E-state index in [0.717, 1.165) is 0 Å². The Morgan fingerprint density at radius 2 is 2.25 bits per heavy atom. The van der Waals surface area contributed by atoms with Crippen LogP contribution in [0.1, 0.15) is 12.7 Å². The molecule has 0 saturated carbocycles. The van der Waals surface area contributed by atoms with Gasteiger partial charge in [0.2, 0.25) is 0 Å². The maximum atomic E-state index is 12.1. The molecule has 7 heteroatoms. The summed E-state index contributed by atoms with van der Waals surface area (Å²) in [7, 11) is -1.92. The number of imidazole rings is 1. The van der Waals surface area contributed by atoms with Gasteiger partial charge in [-0.1, -0.05) is 6.92 Å². The van der Waals surface area contributed by atoms with E-state index in [0.29, 0.717) is 25.5 Å². The molecule has 0 aromatic carbocycles. The van der Waals surface area contributed by atoms with Crippen molar-refractivity contribution in [1.82, 2.24) is 14.3 Å². The van der Waals surface area contributed by atoms with Crippen molar-refractivity contribution in [2.45, 2.75) is 18.9 Å². The predicted octanol–water partition coefficient (Wildman–Crippen LogP) is 0.375. The summed E-state index contributed by atoms with van der Waals surface area (Å²) < 4.78 is 30.4. The average Bonchev–Trinajstić information content (AvgIpc) is 2.66. The standard InChI is InChI=1S/C9H17N3O3S/c1-4-12(5-6-15-3)16(13,14)9-7-10-8(2)11-9/h7H,4-6H2,1-3H3,(H,10,11). The van der Waals surface area contributed by atoms with Gasteiger partial charge < -0.3 is 9.72 Å². The summed E-state index contributed by atoms with van der Waals surface area (Å²) in [4.78, 5) is 6.61. The van der Waals surface area contributed by atoms with Gasteiger partial charge in [0.05, 0.1) is 12.8 Å². The molecule has 1 aromatic rings. The molecule has 92 valence electrons. The third-order valence-electron chi connectivity index (χ3n) is 2.19. The Labute approximate surface area is 95.7 Å². The molecule has 0 bridgehead atoms. The van der Waals surface area contributed by atoms with Crippen LogP contribution in [0.4, 0.5) is 0 Å². The highest BCUT2D eigenvalue weighted by atomic mass is 32.2. The normalized spacial score (nSPS) is 12.2. The predicted molar refractivity (Wildman–Crippen MR) is 59.6 cm³/mol. The third-order valence-corrected chi connectivity index (χ3v) is 4.08. The van der Waals surface area contributed by atoms with E-state index in [1.807, 2.05) is 0 Å². The molecule has 1 N–H and O–H groups in total. The molecule has 0 aliphatic rings. The van der Waals surface area contributed by atoms with E-state index < -0.39 is 10.0 Å². The van der Waals surface area contributed by atoms with Crippen LogP contribution in [0.5, 0.6) is 0 Å². The molecular formula is C9H17N3O3S. The molecule has 0 aliphatic carbocycles. The van der Waals surface area contributed by atoms with Crippen molar-refractivity contribution >= 4 is 10.0 Å². The Kier molecular flexibility index (Phi) is 4.45. The fourth-order valence-corrected chi connectivity index (χ4v) is 2.71. The number of rotatable bonds is 6. The summed E-state index contributed by atoms with van der Waals surface area (Å²) in [5.74, 6) is 0.585. The second-order valence-electron chi connectivity index (χ2n) is 3.32. The molecule has 0 amide bonds. The minimum absolute atomic E-state index is 0.128. The van der Waals surface area contributed by atoms with Gasteiger partial charge in [-0.2, -0.15) is 4.31 Å². The second-order valence-corrected chi connectivity index (χ2v) is 5.23. The van der Waals surface area contributed by atoms with Gasteiger partial charge in [-0.3, -0.25) is 0 Å². The van der Waals surface area contributed by atoms with Gasteiger partial charge >= 0.3 is 0 Å². The van der Waals surface area contributed by atoms with Crippen LogP contribution >= 0.6 is 0 Å². The minimum atomic E-state index is -3.47. The van der Waals surface area contributed by atoms with E-state index >= 15 is 0 Å². The molecule has 0 aliphatic heterocycles. The van der Waals surface area contributed by atoms with Crippen molar-refractivity contribution < 1.29 is 13.2 Å². The van der Waals surface area contributed by atoms with Crippen LogP contribution in [-0.4, -0.2) is 49.5 Å². The van der Waals surface area contributed by atoms with Crippen molar-refractivity contribution in [3.8, 4) is 0 Å². The Hall–Kier alpha value is -0.920. The van der Waals surface area contributed by atoms with Crippen molar-refractivity contribution in [3.05, 3.63) is 12.0 Å². The molecule has 1 aromatic heterocycles. The van der Waals surface area contributed by atoms with Gasteiger partial charge in [0.1, 0.15) is 5.82 Å². The number of aromatic nitrogens is 2. The highest BCUT2D eigenvalue weighted by Gasteiger charge is 2.24. The first kappa shape index (κ1) is 13.1. The first-order valence-electron chi connectivity index (χ1n) is 5.03. The van der Waals surface area contributed by atoms with Crippen LogP contribution in [-0.2, 0) is 14.8 Å². The number of methoxy groups -OCH3 is 1. The average molecular weight is 247 g/mol. The lowest BCUT2D eigenvalue weighted by atomic mass is 10.6. The largest absolute Gasteiger partial charge is 0.383 e. The van der Waals surface area contributed by atoms with E-state index in [1.165, 1.54) is 10.5 Å². The molecule has 16 heavy (non-hydrogen) atoms. The molecule has 0 saturated heterocycles. The van der Waals surface area contributed by atoms with Crippen LogP contribution in [0.25, 0.3) is 0 Å². The van der Waals surface area contributed by atoms with Gasteiger partial charge in [-0.25, -0.2) is 13.4 Å². The first-order valence-corrected chi connectivity index (χ1v) is 6.47. The maximum absolute atomic E-state index is 12.1. The molecule has 0 fully saturated rings. The Bertz CT molecular complexity index is 427. The number of nitrogens with zero attached hydrogens (tertiary/aromatic N) is 2. The Morgan fingerprint density at radius 1 is 1.56 bits per heavy atom. The van der Waals surface area contributed by atoms with Gasteiger partial charge in [0.25, 0.3) is 10.0 Å². The van der Waals surface area contributed by atoms with Gasteiger partial charge in [-0.15, -0.1) is 0 Å². The number of aromatic amines is 1. The lowest BCUT2D eigenvalue weighted by molar-refractivity contribution is 0.180. The third kappa shape index (κ3) is 2.81. The number of ether oxygens (including phenoxy) is 1. The number of aryl methyl sites for hydroxylation is 1. The molecule has 0 radical (unpaired) electrons. The zero-order valence-electron chi connectivity index (χ0n) is 9.73. The van der Waals surface area contributed by atoms with Crippen LogP contribution in [0.15, 0.2) is 11.2 Å². The molecular weight excluding hydrogens is 230 g/mol. The van der Waals surface area contributed by atoms with Crippen LogP contribution in [0.2, 0.25) is 0 Å². The smallest absolute Gasteiger partial charge is 0.260 e. The Morgan fingerprint density at radius 3 is 2.69 bits per heavy atom. The van der Waals surface area contributed by atoms with E-state index in [4.69, 9.17) is 4.74 Å². The molecule has 0 atom stereocenters. The van der Waals surface area contributed by atoms with Crippen molar-refractivity contribution in [3.63, 3.8) is 0 Å². The number of nitrogens with one attached hydrogen (secondary N) is 1. The number of hydrogen-bond acceptors (Lipinski definition) is 4. The van der Waals surface area contributed by atoms with Crippen LogP contribution in [0, 0.1) is 6.92 Å². The topological polar surface area (TPSA) is 75.3 Å². The van der Waals surface area contributed by atoms with Crippen molar-refractivity contribution in [2.75, 3.05) is 26.8 Å². The summed E-state index contributed by atoms with van der Waals surface area (Å²) in [6.07, 6.45) is 1.33. The zero-order chi connectivity index (χ0) is 12.2. The maximum Gasteiger partial charge on any atom is 0.260 e. The number of likely N-dealkylation sites (N-methyl/N-ethyl adjacent to an activating group) is 1. The molecule has 6 nitrogen and oxygen atoms in total. The zero-order valence-corrected chi connectivity index (χ0v) is 10.5. The number of hydrogen-bond donors (Lipinski definition) is 1. The molecule has 1 heterocycles. The molecule has 0 unspecified atom stereocenters. The van der Waals surface area contributed by atoms with Gasteiger partial charge in [0.15, 0.2) is 5.03 Å². The van der Waals surface area contributed by atoms with E-state index in [2.05, 4.69) is 9.97 Å². The summed E-state index contributed by atoms with van der Waals surface area (Å²) in [5.41, 5.74) is 0. The molecule has 1 rings (SSSR count). The number of H-pyrrole nitrogens is 1. The SMILES string of the molecule is CCN(CCOC)S(=O)(=O)c1cnc(C)[nH]1. The van der Waals surface area contributed by atoms with Crippen LogP contribution < -0.4 is 0 Å². The highest BCUT2D eigenvalue weighted by Crippen LogP contribution is 2.12. The Balaban J connectivity index is 2.90.